The van der Waals surface area contributed by atoms with Crippen molar-refractivity contribution in [2.45, 2.75) is 26.5 Å². The molecular formula is C78H70B3Br2N8O3. The average molecular weight is 1360 g/mol. The van der Waals surface area contributed by atoms with E-state index in [4.69, 9.17) is 41.5 Å². The molecule has 94 heavy (non-hydrogen) atoms. The first kappa shape index (κ1) is 68.3. The molecular weight excluding hydrogens is 1290 g/mol. The van der Waals surface area contributed by atoms with Crippen molar-refractivity contribution in [2.24, 2.45) is 15.7 Å². The van der Waals surface area contributed by atoms with Gasteiger partial charge in [-0.1, -0.05) is 234 Å². The van der Waals surface area contributed by atoms with Crippen molar-refractivity contribution in [3.05, 3.63) is 370 Å². The van der Waals surface area contributed by atoms with Gasteiger partial charge in [-0.2, -0.15) is 0 Å². The minimum Gasteiger partial charge on any atom is -0.399 e. The zero-order valence-electron chi connectivity index (χ0n) is 52.4. The van der Waals surface area contributed by atoms with E-state index in [1.54, 1.807) is 37.6 Å². The quantitative estimate of drug-likeness (QED) is 0.0294. The normalized spacial score (nSPS) is 10.3. The minimum atomic E-state index is -0.0163. The van der Waals surface area contributed by atoms with E-state index in [0.29, 0.717) is 0 Å². The highest BCUT2D eigenvalue weighted by Crippen LogP contribution is 2.33. The summed E-state index contributed by atoms with van der Waals surface area (Å²) < 4.78 is 19.1. The van der Waals surface area contributed by atoms with Gasteiger partial charge >= 0.3 is 22.4 Å². The van der Waals surface area contributed by atoms with Gasteiger partial charge in [0.05, 0.1) is 63.0 Å². The molecule has 6 N–H and O–H groups in total. The van der Waals surface area contributed by atoms with Crippen LogP contribution in [0.2, 0.25) is 20.5 Å². The first-order chi connectivity index (χ1) is 46.1. The first-order valence-corrected chi connectivity index (χ1v) is 32.1. The molecule has 11 nitrogen and oxygen atoms in total. The second kappa shape index (κ2) is 36.3. The van der Waals surface area contributed by atoms with Crippen LogP contribution in [0.4, 0.5) is 56.9 Å². The molecule has 0 fully saturated rings. The van der Waals surface area contributed by atoms with Crippen LogP contribution in [0.3, 0.4) is 0 Å². The van der Waals surface area contributed by atoms with Crippen LogP contribution in [0.1, 0.15) is 39.4 Å². The zero-order valence-corrected chi connectivity index (χ0v) is 55.6. The Bertz CT molecular complexity index is 3750. The largest absolute Gasteiger partial charge is 0.399 e. The third-order valence-electron chi connectivity index (χ3n) is 14.2. The molecule has 12 rings (SSSR count). The Kier molecular flexibility index (Phi) is 26.4. The Morgan fingerprint density at radius 1 is 0.309 bits per heavy atom. The topological polar surface area (TPSA) is 140 Å². The summed E-state index contributed by atoms with van der Waals surface area (Å²) in [5.74, 6) is 0. The van der Waals surface area contributed by atoms with E-state index in [2.05, 4.69) is 105 Å². The van der Waals surface area contributed by atoms with Crippen molar-refractivity contribution in [3.63, 3.8) is 0 Å². The summed E-state index contributed by atoms with van der Waals surface area (Å²) in [5.41, 5.74) is 34.5. The van der Waals surface area contributed by atoms with Gasteiger partial charge in [-0.05, 0) is 157 Å². The molecule has 0 bridgehead atoms. The number of aliphatic imine (C=N–C) groups is 2. The van der Waals surface area contributed by atoms with E-state index < -0.39 is 0 Å². The summed E-state index contributed by atoms with van der Waals surface area (Å²) in [5, 5.41) is 5.28. The SMILES string of the molecule is C[B]ON(c1ccc(Br)cc1)c1ccc(Br)cc1.C[B]ON(c1ccc(N)cc1)c1ccc(N)cc1.C[B]ON(c1ccc(N=C(c2ccccc2)c2ccccc2)cc1)c1ccc(N=C(c2ccccc2)c2ccccc2)cc1.NC(c1ccccc1)c1ccccc1. The second-order valence-corrected chi connectivity index (χ2v) is 22.6. The van der Waals surface area contributed by atoms with Gasteiger partial charge in [0.15, 0.2) is 0 Å². The molecule has 463 valence electrons. The third-order valence-corrected chi connectivity index (χ3v) is 15.2. The molecule has 16 heteroatoms. The lowest BCUT2D eigenvalue weighted by Crippen LogP contribution is -2.18. The van der Waals surface area contributed by atoms with E-state index in [9.17, 15) is 0 Å². The maximum atomic E-state index is 6.12. The van der Waals surface area contributed by atoms with Gasteiger partial charge in [0, 0.05) is 42.6 Å². The molecule has 0 unspecified atom stereocenters. The molecule has 0 saturated carbocycles. The van der Waals surface area contributed by atoms with Crippen LogP contribution in [0.25, 0.3) is 0 Å². The maximum Gasteiger partial charge on any atom is 0.331 e. The number of nitrogen functional groups attached to an aromatic ring is 2. The van der Waals surface area contributed by atoms with Gasteiger partial charge in [-0.25, -0.2) is 25.2 Å². The number of rotatable bonds is 20. The number of hydrogen-bond acceptors (Lipinski definition) is 11. The average Bonchev–Trinajstić information content (AvgIpc) is 0.998. The minimum absolute atomic E-state index is 0.0163. The molecule has 12 aromatic carbocycles. The first-order valence-electron chi connectivity index (χ1n) is 30.5. The number of anilines is 8. The number of hydrogen-bond donors (Lipinski definition) is 3. The summed E-state index contributed by atoms with van der Waals surface area (Å²) in [6, 6.07) is 108. The Balaban J connectivity index is 0.000000170. The smallest absolute Gasteiger partial charge is 0.331 e. The molecule has 0 saturated heterocycles. The van der Waals surface area contributed by atoms with Crippen molar-refractivity contribution in [3.8, 4) is 0 Å². The lowest BCUT2D eigenvalue weighted by Gasteiger charge is -2.24. The van der Waals surface area contributed by atoms with Crippen LogP contribution >= 0.6 is 31.9 Å². The van der Waals surface area contributed by atoms with Crippen molar-refractivity contribution < 1.29 is 14.3 Å². The predicted molar refractivity (Wildman–Crippen MR) is 403 cm³/mol. The standard InChI is InChI=1S/C39H31BN3O.C13H11BBr2NO.C13H15BN3O.C13H13N/c1-40-44-43(36-26-22-34(23-27-36)41-38(30-14-6-2-7-15-30)31-16-8-3-9-17-31)37-28-24-35(25-29-37)42-39(32-18-10-4-11-19-32)33-20-12-5-13-21-33;2*1-14-18-17(12-6-2-10(15)3-7-12)13-8-4-11(16)5-9-13;14-13(11-7-3-1-4-8-11)12-9-5-2-6-10-12/h2-29H,1H3;2-9H,1H3;2-9H,15-16H2,1H3;1-10,13H,14H2. The fourth-order valence-electron chi connectivity index (χ4n) is 9.57. The van der Waals surface area contributed by atoms with E-state index in [1.807, 2.05) is 275 Å². The Labute approximate surface area is 571 Å². The number of benzene rings is 12. The van der Waals surface area contributed by atoms with Crippen molar-refractivity contribution in [2.75, 3.05) is 26.7 Å². The second-order valence-electron chi connectivity index (χ2n) is 20.8. The molecule has 0 aliphatic rings. The highest BCUT2D eigenvalue weighted by Gasteiger charge is 2.15. The third kappa shape index (κ3) is 20.2. The van der Waals surface area contributed by atoms with E-state index in [0.717, 1.165) is 111 Å². The van der Waals surface area contributed by atoms with Gasteiger partial charge in [0.25, 0.3) is 0 Å². The number of nitrogens with zero attached hydrogens (tertiary/aromatic N) is 5. The highest BCUT2D eigenvalue weighted by molar-refractivity contribution is 9.10. The molecule has 0 amide bonds. The summed E-state index contributed by atoms with van der Waals surface area (Å²) in [6.45, 7) is 5.54. The fourth-order valence-corrected chi connectivity index (χ4v) is 10.1. The zero-order chi connectivity index (χ0) is 65.7. The van der Waals surface area contributed by atoms with Gasteiger partial charge < -0.3 is 31.5 Å². The molecule has 0 aliphatic carbocycles. The van der Waals surface area contributed by atoms with Gasteiger partial charge in [-0.15, -0.1) is 0 Å². The fraction of sp³-hybridized carbons (Fsp3) is 0.0513. The summed E-state index contributed by atoms with van der Waals surface area (Å²) in [7, 11) is 4.95. The molecule has 0 atom stereocenters. The summed E-state index contributed by atoms with van der Waals surface area (Å²) in [6.07, 6.45) is 0. The Hall–Kier alpha value is -10.0. The van der Waals surface area contributed by atoms with E-state index >= 15 is 0 Å². The molecule has 12 aromatic rings. The lowest BCUT2D eigenvalue weighted by atomic mass is 10.00. The Morgan fingerprint density at radius 2 is 0.521 bits per heavy atom. The van der Waals surface area contributed by atoms with Gasteiger partial charge in [-0.3, -0.25) is 0 Å². The number of nitrogens with two attached hydrogens (primary N) is 3. The molecule has 0 aliphatic heterocycles. The Morgan fingerprint density at radius 3 is 0.755 bits per heavy atom. The van der Waals surface area contributed by atoms with Gasteiger partial charge in [0.2, 0.25) is 0 Å². The van der Waals surface area contributed by atoms with E-state index in [-0.39, 0.29) is 6.04 Å². The van der Waals surface area contributed by atoms with Crippen LogP contribution in [0, 0.1) is 0 Å². The van der Waals surface area contributed by atoms with Crippen molar-refractivity contribution in [1.29, 1.82) is 0 Å². The van der Waals surface area contributed by atoms with Crippen molar-refractivity contribution >= 4 is 123 Å². The molecule has 0 spiro atoms. The van der Waals surface area contributed by atoms with Crippen LogP contribution in [0.5, 0.6) is 0 Å². The monoisotopic (exact) mass is 1360 g/mol. The summed E-state index contributed by atoms with van der Waals surface area (Å²) in [4.78, 5) is 10.1. The van der Waals surface area contributed by atoms with Crippen LogP contribution < -0.4 is 32.4 Å². The van der Waals surface area contributed by atoms with Crippen LogP contribution in [0.15, 0.2) is 347 Å². The number of halogens is 2. The van der Waals surface area contributed by atoms with Gasteiger partial charge in [0.1, 0.15) is 0 Å². The van der Waals surface area contributed by atoms with Crippen LogP contribution in [-0.2, 0) is 14.3 Å². The molecule has 0 heterocycles. The summed E-state index contributed by atoms with van der Waals surface area (Å²) >= 11 is 6.85. The van der Waals surface area contributed by atoms with Crippen molar-refractivity contribution in [1.82, 2.24) is 0 Å². The lowest BCUT2D eigenvalue weighted by molar-refractivity contribution is 0.346. The molecule has 0 aromatic heterocycles. The molecule has 3 radical (unpaired) electrons. The highest BCUT2D eigenvalue weighted by atomic mass is 79.9. The maximum absolute atomic E-state index is 6.12. The van der Waals surface area contributed by atoms with Crippen LogP contribution in [-0.4, -0.2) is 33.9 Å². The van der Waals surface area contributed by atoms with E-state index in [1.165, 1.54) is 0 Å². The predicted octanol–water partition coefficient (Wildman–Crippen LogP) is 20.0.